The molecule has 2 amide bonds. The highest BCUT2D eigenvalue weighted by Gasteiger charge is 2.36. The molecule has 0 atom stereocenters. The van der Waals surface area contributed by atoms with Crippen molar-refractivity contribution in [2.24, 2.45) is 0 Å². The van der Waals surface area contributed by atoms with E-state index in [1.54, 1.807) is 0 Å². The van der Waals surface area contributed by atoms with Gasteiger partial charge in [0.05, 0.1) is 16.9 Å². The summed E-state index contributed by atoms with van der Waals surface area (Å²) in [5, 5.41) is 0. The average Bonchev–Trinajstić information content (AvgIpc) is 2.66. The first kappa shape index (κ1) is 23.2. The smallest absolute Gasteiger partial charge is 0.338 e. The van der Waals surface area contributed by atoms with Gasteiger partial charge in [0.1, 0.15) is 5.75 Å². The second-order valence-electron chi connectivity index (χ2n) is 7.02. The van der Waals surface area contributed by atoms with Crippen molar-refractivity contribution in [3.63, 3.8) is 0 Å². The van der Waals surface area contributed by atoms with Crippen LogP contribution < -0.4 is 0 Å². The summed E-state index contributed by atoms with van der Waals surface area (Å²) in [6.07, 6.45) is -2.49. The molecule has 0 aliphatic carbocycles. The van der Waals surface area contributed by atoms with Gasteiger partial charge in [-0.2, -0.15) is 13.2 Å². The lowest BCUT2D eigenvalue weighted by Gasteiger charge is -2.35. The van der Waals surface area contributed by atoms with Gasteiger partial charge in [-0.25, -0.2) is 8.42 Å². The van der Waals surface area contributed by atoms with Crippen LogP contribution in [0.25, 0.3) is 0 Å². The molecule has 1 heterocycles. The fourth-order valence-corrected chi connectivity index (χ4v) is 4.52. The molecule has 1 aliphatic heterocycles. The predicted molar refractivity (Wildman–Crippen MR) is 102 cm³/mol. The first-order chi connectivity index (χ1) is 13.5. The minimum Gasteiger partial charge on any atom is -0.338 e. The molecule has 0 spiro atoms. The van der Waals surface area contributed by atoms with Gasteiger partial charge in [0, 0.05) is 26.2 Å². The Morgan fingerprint density at radius 3 is 2.17 bits per heavy atom. The molecule has 29 heavy (non-hydrogen) atoms. The minimum atomic E-state index is -4.64. The van der Waals surface area contributed by atoms with Crippen molar-refractivity contribution in [2.45, 2.75) is 32.4 Å². The summed E-state index contributed by atoms with van der Waals surface area (Å²) in [5.74, 6) is -1.91. The molecule has 0 saturated carbocycles. The van der Waals surface area contributed by atoms with E-state index in [0.717, 1.165) is 25.0 Å². The van der Waals surface area contributed by atoms with Crippen LogP contribution in [0.4, 0.5) is 13.2 Å². The molecule has 0 bridgehead atoms. The zero-order chi connectivity index (χ0) is 21.7. The van der Waals surface area contributed by atoms with Crippen molar-refractivity contribution in [3.05, 3.63) is 35.4 Å². The van der Waals surface area contributed by atoms with Crippen LogP contribution in [-0.4, -0.2) is 67.7 Å². The number of halogens is 3. The second kappa shape index (κ2) is 9.60. The fourth-order valence-electron chi connectivity index (χ4n) is 3.17. The van der Waals surface area contributed by atoms with Gasteiger partial charge in [-0.05, 0) is 18.6 Å². The highest BCUT2D eigenvalue weighted by molar-refractivity contribution is 7.92. The standard InChI is InChI=1S/C19H25F3N2O4S/c1-2-3-6-13-29(27,28)14-17(25)23-9-11-24(12-10-23)18(26)15-7-4-5-8-16(15)19(20,21)22/h4-5,7-8H,2-3,6,9-14H2,1H3. The Morgan fingerprint density at radius 1 is 1.00 bits per heavy atom. The van der Waals surface area contributed by atoms with Gasteiger partial charge < -0.3 is 9.80 Å². The van der Waals surface area contributed by atoms with E-state index in [2.05, 4.69) is 0 Å². The zero-order valence-corrected chi connectivity index (χ0v) is 17.1. The van der Waals surface area contributed by atoms with E-state index in [1.807, 2.05) is 6.92 Å². The third kappa shape index (κ3) is 6.45. The summed E-state index contributed by atoms with van der Waals surface area (Å²) in [5.41, 5.74) is -1.43. The Morgan fingerprint density at radius 2 is 1.59 bits per heavy atom. The maximum absolute atomic E-state index is 13.1. The molecular formula is C19H25F3N2O4S. The summed E-state index contributed by atoms with van der Waals surface area (Å²) in [4.78, 5) is 27.4. The van der Waals surface area contributed by atoms with Crippen LogP contribution in [0.5, 0.6) is 0 Å². The van der Waals surface area contributed by atoms with Crippen LogP contribution >= 0.6 is 0 Å². The maximum Gasteiger partial charge on any atom is 0.417 e. The number of carbonyl (C=O) groups excluding carboxylic acids is 2. The van der Waals surface area contributed by atoms with Crippen molar-refractivity contribution < 1.29 is 31.2 Å². The number of rotatable bonds is 7. The highest BCUT2D eigenvalue weighted by atomic mass is 32.2. The van der Waals surface area contributed by atoms with Crippen LogP contribution in [0, 0.1) is 0 Å². The lowest BCUT2D eigenvalue weighted by molar-refractivity contribution is -0.138. The highest BCUT2D eigenvalue weighted by Crippen LogP contribution is 2.32. The molecule has 0 radical (unpaired) electrons. The summed E-state index contributed by atoms with van der Waals surface area (Å²) in [6, 6.07) is 4.57. The molecule has 1 saturated heterocycles. The molecule has 2 rings (SSSR count). The van der Waals surface area contributed by atoms with E-state index >= 15 is 0 Å². The maximum atomic E-state index is 13.1. The normalized spacial score (nSPS) is 15.4. The number of unbranched alkanes of at least 4 members (excludes halogenated alkanes) is 2. The quantitative estimate of drug-likeness (QED) is 0.619. The van der Waals surface area contributed by atoms with Crippen LogP contribution in [0.15, 0.2) is 24.3 Å². The second-order valence-corrected chi connectivity index (χ2v) is 9.20. The number of carbonyl (C=O) groups is 2. The lowest BCUT2D eigenvalue weighted by Crippen LogP contribution is -2.52. The summed E-state index contributed by atoms with van der Waals surface area (Å²) >= 11 is 0. The number of benzene rings is 1. The Labute approximate surface area is 168 Å². The largest absolute Gasteiger partial charge is 0.417 e. The third-order valence-electron chi connectivity index (χ3n) is 4.78. The van der Waals surface area contributed by atoms with E-state index in [0.29, 0.717) is 6.42 Å². The van der Waals surface area contributed by atoms with Crippen molar-refractivity contribution in [2.75, 3.05) is 37.7 Å². The van der Waals surface area contributed by atoms with E-state index in [1.165, 1.54) is 21.9 Å². The van der Waals surface area contributed by atoms with E-state index in [-0.39, 0.29) is 31.9 Å². The molecule has 6 nitrogen and oxygen atoms in total. The molecular weight excluding hydrogens is 409 g/mol. The van der Waals surface area contributed by atoms with Gasteiger partial charge in [-0.3, -0.25) is 9.59 Å². The Balaban J connectivity index is 1.96. The van der Waals surface area contributed by atoms with E-state index < -0.39 is 44.7 Å². The first-order valence-electron chi connectivity index (χ1n) is 9.49. The topological polar surface area (TPSA) is 74.8 Å². The van der Waals surface area contributed by atoms with Crippen molar-refractivity contribution in [1.29, 1.82) is 0 Å². The van der Waals surface area contributed by atoms with Crippen LogP contribution in [0.3, 0.4) is 0 Å². The number of piperazine rings is 1. The van der Waals surface area contributed by atoms with Gasteiger partial charge >= 0.3 is 6.18 Å². The monoisotopic (exact) mass is 434 g/mol. The number of hydrogen-bond acceptors (Lipinski definition) is 4. The van der Waals surface area contributed by atoms with Crippen molar-refractivity contribution in [1.82, 2.24) is 9.80 Å². The number of amides is 2. The summed E-state index contributed by atoms with van der Waals surface area (Å²) in [6.45, 7) is 2.22. The van der Waals surface area contributed by atoms with Crippen molar-refractivity contribution in [3.8, 4) is 0 Å². The lowest BCUT2D eigenvalue weighted by atomic mass is 10.1. The number of nitrogens with zero attached hydrogens (tertiary/aromatic N) is 2. The molecule has 1 aromatic rings. The predicted octanol–water partition coefficient (Wildman–Crippen LogP) is 2.59. The average molecular weight is 434 g/mol. The number of alkyl halides is 3. The van der Waals surface area contributed by atoms with Crippen LogP contribution in [0.1, 0.15) is 42.1 Å². The molecule has 1 aromatic carbocycles. The fraction of sp³-hybridized carbons (Fsp3) is 0.579. The molecule has 10 heteroatoms. The summed E-state index contributed by atoms with van der Waals surface area (Å²) in [7, 11) is -3.49. The van der Waals surface area contributed by atoms with Gasteiger partial charge in [0.15, 0.2) is 9.84 Å². The van der Waals surface area contributed by atoms with Crippen LogP contribution in [-0.2, 0) is 20.8 Å². The SMILES string of the molecule is CCCCCS(=O)(=O)CC(=O)N1CCN(C(=O)c2ccccc2C(F)(F)F)CC1. The molecule has 162 valence electrons. The molecule has 0 N–H and O–H groups in total. The zero-order valence-electron chi connectivity index (χ0n) is 16.2. The molecule has 0 aromatic heterocycles. The Hall–Kier alpha value is -2.10. The summed E-state index contributed by atoms with van der Waals surface area (Å²) < 4.78 is 63.5. The Kier molecular flexibility index (Phi) is 7.67. The van der Waals surface area contributed by atoms with E-state index in [9.17, 15) is 31.2 Å². The van der Waals surface area contributed by atoms with E-state index in [4.69, 9.17) is 0 Å². The first-order valence-corrected chi connectivity index (χ1v) is 11.3. The van der Waals surface area contributed by atoms with Crippen LogP contribution in [0.2, 0.25) is 0 Å². The number of hydrogen-bond donors (Lipinski definition) is 0. The van der Waals surface area contributed by atoms with Gasteiger partial charge in [0.25, 0.3) is 5.91 Å². The molecule has 1 fully saturated rings. The van der Waals surface area contributed by atoms with Gasteiger partial charge in [-0.1, -0.05) is 31.9 Å². The van der Waals surface area contributed by atoms with Gasteiger partial charge in [0.2, 0.25) is 5.91 Å². The molecule has 1 aliphatic rings. The number of sulfone groups is 1. The van der Waals surface area contributed by atoms with Crippen molar-refractivity contribution >= 4 is 21.7 Å². The minimum absolute atomic E-state index is 0.0424. The third-order valence-corrected chi connectivity index (χ3v) is 6.38. The Bertz CT molecular complexity index is 832. The molecule has 0 unspecified atom stereocenters. The van der Waals surface area contributed by atoms with Gasteiger partial charge in [-0.15, -0.1) is 0 Å².